The van der Waals surface area contributed by atoms with E-state index in [-0.39, 0.29) is 0 Å². The van der Waals surface area contributed by atoms with Crippen LogP contribution in [0.5, 0.6) is 0 Å². The lowest BCUT2D eigenvalue weighted by Crippen LogP contribution is -2.17. The van der Waals surface area contributed by atoms with Crippen LogP contribution in [0.3, 0.4) is 0 Å². The molecule has 0 saturated carbocycles. The van der Waals surface area contributed by atoms with Gasteiger partial charge in [0, 0.05) is 29.5 Å². The molecule has 0 bridgehead atoms. The van der Waals surface area contributed by atoms with E-state index >= 15 is 0 Å². The van der Waals surface area contributed by atoms with E-state index in [2.05, 4.69) is 20.0 Å². The smallest absolute Gasteiger partial charge is 0.241 e. The quantitative estimate of drug-likeness (QED) is 0.722. The monoisotopic (exact) mass is 314 g/mol. The van der Waals surface area contributed by atoms with Gasteiger partial charge >= 0.3 is 0 Å². The van der Waals surface area contributed by atoms with Gasteiger partial charge in [-0.25, -0.2) is 0 Å². The van der Waals surface area contributed by atoms with Crippen LogP contribution in [0.25, 0.3) is 11.4 Å². The summed E-state index contributed by atoms with van der Waals surface area (Å²) in [6, 6.07) is 11.5. The molecule has 22 heavy (non-hydrogen) atoms. The van der Waals surface area contributed by atoms with E-state index in [4.69, 9.17) is 16.1 Å². The molecule has 0 aliphatic carbocycles. The maximum Gasteiger partial charge on any atom is 0.241 e. The lowest BCUT2D eigenvalue weighted by Gasteiger charge is -2.13. The van der Waals surface area contributed by atoms with Gasteiger partial charge in [-0.05, 0) is 36.9 Å². The zero-order valence-electron chi connectivity index (χ0n) is 12.1. The van der Waals surface area contributed by atoms with E-state index < -0.39 is 0 Å². The summed E-state index contributed by atoms with van der Waals surface area (Å²) in [5.74, 6) is 1.14. The van der Waals surface area contributed by atoms with Crippen LogP contribution >= 0.6 is 11.6 Å². The van der Waals surface area contributed by atoms with Gasteiger partial charge in [-0.2, -0.15) is 4.98 Å². The molecule has 5 nitrogen and oxygen atoms in total. The number of halogens is 1. The fourth-order valence-electron chi connectivity index (χ4n) is 2.12. The maximum atomic E-state index is 5.89. The van der Waals surface area contributed by atoms with Crippen LogP contribution in [-0.2, 0) is 13.1 Å². The normalized spacial score (nSPS) is 11.0. The van der Waals surface area contributed by atoms with Crippen molar-refractivity contribution >= 4 is 11.6 Å². The summed E-state index contributed by atoms with van der Waals surface area (Å²) >= 11 is 5.89. The van der Waals surface area contributed by atoms with E-state index in [0.717, 1.165) is 17.1 Å². The Hall–Kier alpha value is -2.24. The SMILES string of the molecule is CN(Cc1ccc(Cl)cc1)Cc1nc(-c2cccnc2)no1. The topological polar surface area (TPSA) is 55.1 Å². The van der Waals surface area contributed by atoms with Gasteiger partial charge < -0.3 is 4.52 Å². The van der Waals surface area contributed by atoms with Gasteiger partial charge in [0.1, 0.15) is 0 Å². The molecule has 2 aromatic heterocycles. The largest absolute Gasteiger partial charge is 0.338 e. The Balaban J connectivity index is 1.63. The van der Waals surface area contributed by atoms with Crippen LogP contribution < -0.4 is 0 Å². The first-order valence-corrected chi connectivity index (χ1v) is 7.24. The first kappa shape index (κ1) is 14.7. The second kappa shape index (κ2) is 6.68. The zero-order chi connectivity index (χ0) is 15.4. The van der Waals surface area contributed by atoms with Crippen molar-refractivity contribution in [3.8, 4) is 11.4 Å². The molecule has 0 N–H and O–H groups in total. The number of hydrogen-bond acceptors (Lipinski definition) is 5. The first-order valence-electron chi connectivity index (χ1n) is 6.87. The average molecular weight is 315 g/mol. The van der Waals surface area contributed by atoms with Gasteiger partial charge in [0.05, 0.1) is 6.54 Å². The Bertz CT molecular complexity index is 727. The minimum atomic E-state index is 0.558. The van der Waals surface area contributed by atoms with Crippen LogP contribution in [0, 0.1) is 0 Å². The highest BCUT2D eigenvalue weighted by Gasteiger charge is 2.11. The predicted molar refractivity (Wildman–Crippen MR) is 84.2 cm³/mol. The van der Waals surface area contributed by atoms with E-state index in [0.29, 0.717) is 18.3 Å². The molecule has 0 radical (unpaired) electrons. The first-order chi connectivity index (χ1) is 10.7. The number of nitrogens with zero attached hydrogens (tertiary/aromatic N) is 4. The Kier molecular flexibility index (Phi) is 4.46. The number of aromatic nitrogens is 3. The molecule has 0 spiro atoms. The number of pyridine rings is 1. The molecule has 0 amide bonds. The molecule has 0 aliphatic rings. The van der Waals surface area contributed by atoms with Crippen molar-refractivity contribution in [1.82, 2.24) is 20.0 Å². The molecule has 6 heteroatoms. The van der Waals surface area contributed by atoms with Crippen LogP contribution in [0.4, 0.5) is 0 Å². The van der Waals surface area contributed by atoms with Crippen LogP contribution in [-0.4, -0.2) is 27.1 Å². The lowest BCUT2D eigenvalue weighted by atomic mass is 10.2. The van der Waals surface area contributed by atoms with E-state index in [1.165, 1.54) is 5.56 Å². The number of hydrogen-bond donors (Lipinski definition) is 0. The third-order valence-electron chi connectivity index (χ3n) is 3.16. The Morgan fingerprint density at radius 3 is 2.68 bits per heavy atom. The maximum absolute atomic E-state index is 5.89. The highest BCUT2D eigenvalue weighted by atomic mass is 35.5. The van der Waals surface area contributed by atoms with Crippen LogP contribution in [0.2, 0.25) is 5.02 Å². The fourth-order valence-corrected chi connectivity index (χ4v) is 2.25. The second-order valence-corrected chi connectivity index (χ2v) is 5.49. The van der Waals surface area contributed by atoms with Crippen molar-refractivity contribution in [2.75, 3.05) is 7.05 Å². The molecule has 0 fully saturated rings. The van der Waals surface area contributed by atoms with Crippen LogP contribution in [0.1, 0.15) is 11.5 Å². The van der Waals surface area contributed by atoms with Crippen molar-refractivity contribution < 1.29 is 4.52 Å². The van der Waals surface area contributed by atoms with Gasteiger partial charge in [-0.1, -0.05) is 28.9 Å². The Morgan fingerprint density at radius 2 is 1.95 bits per heavy atom. The summed E-state index contributed by atoms with van der Waals surface area (Å²) in [5, 5.41) is 4.73. The Morgan fingerprint density at radius 1 is 1.14 bits per heavy atom. The second-order valence-electron chi connectivity index (χ2n) is 5.05. The van der Waals surface area contributed by atoms with Gasteiger partial charge in [-0.3, -0.25) is 9.88 Å². The minimum Gasteiger partial charge on any atom is -0.338 e. The molecule has 3 aromatic rings. The lowest BCUT2D eigenvalue weighted by molar-refractivity contribution is 0.261. The van der Waals surface area contributed by atoms with Crippen LogP contribution in [0.15, 0.2) is 53.3 Å². The molecule has 3 rings (SSSR count). The molecule has 112 valence electrons. The van der Waals surface area contributed by atoms with E-state index in [1.54, 1.807) is 12.4 Å². The summed E-state index contributed by atoms with van der Waals surface area (Å²) in [4.78, 5) is 10.5. The highest BCUT2D eigenvalue weighted by Crippen LogP contribution is 2.15. The van der Waals surface area contributed by atoms with E-state index in [1.807, 2.05) is 43.4 Å². The average Bonchev–Trinajstić information content (AvgIpc) is 2.99. The summed E-state index contributed by atoms with van der Waals surface area (Å²) in [6.07, 6.45) is 3.43. The van der Waals surface area contributed by atoms with Gasteiger partial charge in [-0.15, -0.1) is 0 Å². The number of rotatable bonds is 5. The summed E-state index contributed by atoms with van der Waals surface area (Å²) in [6.45, 7) is 1.36. The highest BCUT2D eigenvalue weighted by molar-refractivity contribution is 6.30. The van der Waals surface area contributed by atoms with Gasteiger partial charge in [0.25, 0.3) is 0 Å². The van der Waals surface area contributed by atoms with Gasteiger partial charge in [0.15, 0.2) is 0 Å². The minimum absolute atomic E-state index is 0.558. The molecular formula is C16H15ClN4O. The van der Waals surface area contributed by atoms with Crippen molar-refractivity contribution in [2.24, 2.45) is 0 Å². The summed E-state index contributed by atoms with van der Waals surface area (Å²) < 4.78 is 5.29. The van der Waals surface area contributed by atoms with Gasteiger partial charge in [0.2, 0.25) is 11.7 Å². The third-order valence-corrected chi connectivity index (χ3v) is 3.41. The number of benzene rings is 1. The zero-order valence-corrected chi connectivity index (χ0v) is 12.9. The fraction of sp³-hybridized carbons (Fsp3) is 0.188. The Labute approximate surface area is 133 Å². The van der Waals surface area contributed by atoms with E-state index in [9.17, 15) is 0 Å². The molecule has 0 atom stereocenters. The molecule has 0 unspecified atom stereocenters. The predicted octanol–water partition coefficient (Wildman–Crippen LogP) is 3.42. The molecule has 0 aliphatic heterocycles. The molecule has 2 heterocycles. The summed E-state index contributed by atoms with van der Waals surface area (Å²) in [5.41, 5.74) is 2.02. The molecule has 0 saturated heterocycles. The van der Waals surface area contributed by atoms with Crippen molar-refractivity contribution in [2.45, 2.75) is 13.1 Å². The third kappa shape index (κ3) is 3.69. The van der Waals surface area contributed by atoms with Crippen molar-refractivity contribution in [3.05, 3.63) is 65.3 Å². The van der Waals surface area contributed by atoms with Crippen molar-refractivity contribution in [1.29, 1.82) is 0 Å². The molecular weight excluding hydrogens is 300 g/mol. The van der Waals surface area contributed by atoms with Crippen molar-refractivity contribution in [3.63, 3.8) is 0 Å². The molecule has 1 aromatic carbocycles. The summed E-state index contributed by atoms with van der Waals surface area (Å²) in [7, 11) is 2.00. The standard InChI is InChI=1S/C16H15ClN4O/c1-21(10-12-4-6-14(17)7-5-12)11-15-19-16(20-22-15)13-3-2-8-18-9-13/h2-9H,10-11H2,1H3.